The summed E-state index contributed by atoms with van der Waals surface area (Å²) in [5.74, 6) is 1.87. The van der Waals surface area contributed by atoms with Gasteiger partial charge in [-0.05, 0) is 67.1 Å². The molecular formula is C26H28ClNO2S. The minimum absolute atomic E-state index is 0.128. The van der Waals surface area contributed by atoms with E-state index in [0.29, 0.717) is 6.04 Å². The number of hydroxylamine groups is 2. The van der Waals surface area contributed by atoms with Crippen LogP contribution in [0.3, 0.4) is 0 Å². The van der Waals surface area contributed by atoms with Crippen molar-refractivity contribution in [3.63, 3.8) is 0 Å². The van der Waals surface area contributed by atoms with E-state index in [-0.39, 0.29) is 6.10 Å². The number of fused-ring (bicyclic) bond motifs is 1. The smallest absolute Gasteiger partial charge is 0.148 e. The number of nitrogens with zero attached hydrogens (tertiary/aromatic N) is 1. The summed E-state index contributed by atoms with van der Waals surface area (Å²) < 4.78 is 7.14. The van der Waals surface area contributed by atoms with Gasteiger partial charge in [-0.1, -0.05) is 61.2 Å². The predicted molar refractivity (Wildman–Crippen MR) is 127 cm³/mol. The number of hydrogen-bond acceptors (Lipinski definition) is 4. The molecule has 3 aromatic rings. The van der Waals surface area contributed by atoms with Gasteiger partial charge in [0.1, 0.15) is 17.6 Å². The van der Waals surface area contributed by atoms with E-state index >= 15 is 0 Å². The van der Waals surface area contributed by atoms with Crippen molar-refractivity contribution >= 4 is 22.9 Å². The SMILES string of the molecule is Clc1ccc(CN(Oc2ccc3c(c2)CCC(c2ccccc2)O3)C2CCCCC2)s1. The maximum atomic E-state index is 6.49. The van der Waals surface area contributed by atoms with Crippen molar-refractivity contribution in [3.8, 4) is 11.5 Å². The fourth-order valence-corrected chi connectivity index (χ4v) is 5.73. The van der Waals surface area contributed by atoms with Crippen LogP contribution in [0.2, 0.25) is 4.34 Å². The zero-order valence-corrected chi connectivity index (χ0v) is 19.2. The van der Waals surface area contributed by atoms with Gasteiger partial charge >= 0.3 is 0 Å². The molecule has 0 N–H and O–H groups in total. The normalized spacial score (nSPS) is 19.1. The fraction of sp³-hybridized carbons (Fsp3) is 0.385. The van der Waals surface area contributed by atoms with Crippen LogP contribution in [0, 0.1) is 0 Å². The second kappa shape index (κ2) is 9.64. The second-order valence-electron chi connectivity index (χ2n) is 8.49. The molecule has 1 fully saturated rings. The third kappa shape index (κ3) is 5.08. The number of hydrogen-bond donors (Lipinski definition) is 0. The Kier molecular flexibility index (Phi) is 6.49. The molecule has 5 rings (SSSR count). The van der Waals surface area contributed by atoms with E-state index in [2.05, 4.69) is 47.5 Å². The van der Waals surface area contributed by atoms with Crippen LogP contribution in [-0.4, -0.2) is 11.1 Å². The summed E-state index contributed by atoms with van der Waals surface area (Å²) in [6.07, 6.45) is 8.36. The zero-order chi connectivity index (χ0) is 21.0. The second-order valence-corrected chi connectivity index (χ2v) is 10.3. The summed E-state index contributed by atoms with van der Waals surface area (Å²) in [4.78, 5) is 7.72. The van der Waals surface area contributed by atoms with Gasteiger partial charge in [-0.2, -0.15) is 0 Å². The Hall–Kier alpha value is -2.01. The summed E-state index contributed by atoms with van der Waals surface area (Å²) in [7, 11) is 0. The van der Waals surface area contributed by atoms with E-state index in [9.17, 15) is 0 Å². The van der Waals surface area contributed by atoms with Crippen molar-refractivity contribution in [2.45, 2.75) is 63.6 Å². The molecule has 0 bridgehead atoms. The molecule has 0 spiro atoms. The lowest BCUT2D eigenvalue weighted by Gasteiger charge is -2.33. The van der Waals surface area contributed by atoms with E-state index in [1.807, 2.05) is 18.2 Å². The largest absolute Gasteiger partial charge is 0.485 e. The van der Waals surface area contributed by atoms with E-state index < -0.39 is 0 Å². The van der Waals surface area contributed by atoms with Crippen molar-refractivity contribution in [1.82, 2.24) is 5.06 Å². The Labute approximate surface area is 193 Å². The van der Waals surface area contributed by atoms with E-state index in [0.717, 1.165) is 35.2 Å². The number of halogens is 1. The van der Waals surface area contributed by atoms with Crippen molar-refractivity contribution in [2.75, 3.05) is 0 Å². The van der Waals surface area contributed by atoms with Crippen LogP contribution in [0.4, 0.5) is 0 Å². The average molecular weight is 454 g/mol. The molecule has 2 heterocycles. The molecule has 0 amide bonds. The minimum Gasteiger partial charge on any atom is -0.485 e. The van der Waals surface area contributed by atoms with E-state index in [1.165, 1.54) is 48.1 Å². The summed E-state index contributed by atoms with van der Waals surface area (Å²) >= 11 is 7.81. The minimum atomic E-state index is 0.128. The molecule has 0 saturated heterocycles. The molecule has 1 saturated carbocycles. The standard InChI is InChI=1S/C26H28ClNO2S/c27-26-16-13-23(31-26)18-28(21-9-5-2-6-10-21)30-22-12-15-25-20(17-22)11-14-24(29-25)19-7-3-1-4-8-19/h1,3-4,7-8,12-13,15-17,21,24H,2,5-6,9-11,14,18H2. The first-order chi connectivity index (χ1) is 15.2. The van der Waals surface area contributed by atoms with Gasteiger partial charge in [0, 0.05) is 10.9 Å². The van der Waals surface area contributed by atoms with Crippen LogP contribution in [-0.2, 0) is 13.0 Å². The summed E-state index contributed by atoms with van der Waals surface area (Å²) in [6, 6.07) is 21.3. The van der Waals surface area contributed by atoms with Gasteiger partial charge in [0.05, 0.1) is 10.9 Å². The van der Waals surface area contributed by atoms with Crippen LogP contribution in [0.25, 0.3) is 0 Å². The Bertz CT molecular complexity index is 1000. The van der Waals surface area contributed by atoms with E-state index in [1.54, 1.807) is 11.3 Å². The summed E-state index contributed by atoms with van der Waals surface area (Å²) in [5, 5.41) is 2.18. The van der Waals surface area contributed by atoms with Gasteiger partial charge in [-0.25, -0.2) is 0 Å². The molecule has 2 aliphatic rings. The molecule has 162 valence electrons. The van der Waals surface area contributed by atoms with Crippen LogP contribution in [0.15, 0.2) is 60.7 Å². The number of aryl methyl sites for hydroxylation is 1. The van der Waals surface area contributed by atoms with Crippen molar-refractivity contribution in [3.05, 3.63) is 81.0 Å². The van der Waals surface area contributed by atoms with Gasteiger partial charge in [0.25, 0.3) is 0 Å². The molecule has 1 atom stereocenters. The van der Waals surface area contributed by atoms with Gasteiger partial charge in [-0.3, -0.25) is 0 Å². The molecule has 31 heavy (non-hydrogen) atoms. The number of ether oxygens (including phenoxy) is 1. The van der Waals surface area contributed by atoms with Gasteiger partial charge < -0.3 is 9.57 Å². The molecular weight excluding hydrogens is 426 g/mol. The zero-order valence-electron chi connectivity index (χ0n) is 17.6. The van der Waals surface area contributed by atoms with E-state index in [4.69, 9.17) is 21.2 Å². The maximum Gasteiger partial charge on any atom is 0.148 e. The summed E-state index contributed by atoms with van der Waals surface area (Å²) in [6.45, 7) is 0.770. The molecule has 1 aromatic heterocycles. The topological polar surface area (TPSA) is 21.7 Å². The quantitative estimate of drug-likeness (QED) is 0.358. The third-order valence-corrected chi connectivity index (χ3v) is 7.51. The van der Waals surface area contributed by atoms with Crippen LogP contribution < -0.4 is 9.57 Å². The summed E-state index contributed by atoms with van der Waals surface area (Å²) in [5.41, 5.74) is 2.47. The molecule has 1 unspecified atom stereocenters. The van der Waals surface area contributed by atoms with Crippen LogP contribution in [0.5, 0.6) is 11.5 Å². The number of thiophene rings is 1. The highest BCUT2D eigenvalue weighted by atomic mass is 35.5. The monoisotopic (exact) mass is 453 g/mol. The lowest BCUT2D eigenvalue weighted by atomic mass is 9.95. The highest BCUT2D eigenvalue weighted by Gasteiger charge is 2.25. The van der Waals surface area contributed by atoms with Crippen molar-refractivity contribution < 1.29 is 9.57 Å². The molecule has 1 aliphatic carbocycles. The third-order valence-electron chi connectivity index (χ3n) is 6.29. The van der Waals surface area contributed by atoms with Gasteiger partial charge in [-0.15, -0.1) is 16.4 Å². The fourth-order valence-electron chi connectivity index (χ4n) is 4.65. The first kappa shape index (κ1) is 20.9. The van der Waals surface area contributed by atoms with Crippen molar-refractivity contribution in [2.24, 2.45) is 0 Å². The molecule has 2 aromatic carbocycles. The van der Waals surface area contributed by atoms with Crippen molar-refractivity contribution in [1.29, 1.82) is 0 Å². The maximum absolute atomic E-state index is 6.49. The predicted octanol–water partition coefficient (Wildman–Crippen LogP) is 7.60. The number of rotatable bonds is 6. The Balaban J connectivity index is 1.31. The first-order valence-corrected chi connectivity index (χ1v) is 12.5. The van der Waals surface area contributed by atoms with Crippen LogP contribution >= 0.6 is 22.9 Å². The lowest BCUT2D eigenvalue weighted by molar-refractivity contribution is -0.112. The Morgan fingerprint density at radius 3 is 2.58 bits per heavy atom. The van der Waals surface area contributed by atoms with Gasteiger partial charge in [0.2, 0.25) is 0 Å². The molecule has 5 heteroatoms. The highest BCUT2D eigenvalue weighted by molar-refractivity contribution is 7.16. The molecule has 1 aliphatic heterocycles. The first-order valence-electron chi connectivity index (χ1n) is 11.3. The Morgan fingerprint density at radius 1 is 0.968 bits per heavy atom. The van der Waals surface area contributed by atoms with Gasteiger partial charge in [0.15, 0.2) is 0 Å². The lowest BCUT2D eigenvalue weighted by Crippen LogP contribution is -2.38. The number of benzene rings is 2. The van der Waals surface area contributed by atoms with Crippen LogP contribution in [0.1, 0.15) is 60.6 Å². The molecule has 3 nitrogen and oxygen atoms in total. The highest BCUT2D eigenvalue weighted by Crippen LogP contribution is 2.37. The Morgan fingerprint density at radius 2 is 1.81 bits per heavy atom. The average Bonchev–Trinajstić information content (AvgIpc) is 3.24. The molecule has 0 radical (unpaired) electrons.